The molecule has 8 nitrogen and oxygen atoms in total. The molecule has 0 aromatic heterocycles. The third kappa shape index (κ3) is 5.90. The molecule has 1 aliphatic heterocycles. The lowest BCUT2D eigenvalue weighted by Gasteiger charge is -2.24. The molecule has 3 rings (SSSR count). The highest BCUT2D eigenvalue weighted by Gasteiger charge is 2.27. The van der Waals surface area contributed by atoms with Crippen molar-refractivity contribution in [3.05, 3.63) is 47.0 Å². The van der Waals surface area contributed by atoms with Gasteiger partial charge in [-0.3, -0.25) is 0 Å². The first-order valence-corrected chi connectivity index (χ1v) is 9.45. The Morgan fingerprint density at radius 2 is 2.10 bits per heavy atom. The van der Waals surface area contributed by atoms with E-state index in [9.17, 15) is 15.0 Å². The number of benzene rings is 2. The number of hydrogen-bond acceptors (Lipinski definition) is 7. The number of aliphatic carboxylic acids is 1. The van der Waals surface area contributed by atoms with E-state index in [1.54, 1.807) is 12.1 Å². The van der Waals surface area contributed by atoms with Gasteiger partial charge in [0.05, 0.1) is 5.02 Å². The van der Waals surface area contributed by atoms with Crippen molar-refractivity contribution >= 4 is 17.6 Å². The normalized spacial score (nSPS) is 16.3. The van der Waals surface area contributed by atoms with Crippen LogP contribution in [-0.2, 0) is 11.2 Å². The lowest BCUT2D eigenvalue weighted by molar-refractivity contribution is -0.147. The second-order valence-electron chi connectivity index (χ2n) is 6.57. The van der Waals surface area contributed by atoms with Gasteiger partial charge in [0.1, 0.15) is 30.8 Å². The Bertz CT molecular complexity index is 861. The first kappa shape index (κ1) is 21.0. The van der Waals surface area contributed by atoms with Crippen molar-refractivity contribution in [2.75, 3.05) is 26.3 Å². The van der Waals surface area contributed by atoms with Crippen LogP contribution >= 0.6 is 11.6 Å². The standard InChI is InChI=1S/C20H22ClNO7/c21-15-8-13(23)2-4-16(15)27-10-14(24)9-22-6-5-12-1-3-17-18(7-12)28-11-19(29-17)20(25)26/h1-4,7-8,14,19,22-24H,5-6,9-11H2,(H,25,26). The summed E-state index contributed by atoms with van der Waals surface area (Å²) in [6, 6.07) is 9.74. The SMILES string of the molecule is O=C(O)C1COc2cc(CCNCC(O)COc3ccc(O)cc3Cl)ccc2O1. The minimum absolute atomic E-state index is 0.0265. The minimum atomic E-state index is -1.06. The number of carboxylic acids is 1. The molecule has 1 heterocycles. The average Bonchev–Trinajstić information content (AvgIpc) is 2.70. The van der Waals surface area contributed by atoms with Gasteiger partial charge in [0.15, 0.2) is 11.5 Å². The Balaban J connectivity index is 1.38. The minimum Gasteiger partial charge on any atom is -0.508 e. The molecule has 1 aliphatic rings. The number of nitrogens with one attached hydrogen (secondary N) is 1. The summed E-state index contributed by atoms with van der Waals surface area (Å²) in [6.07, 6.45) is -1.03. The molecule has 2 aromatic rings. The van der Waals surface area contributed by atoms with Crippen molar-refractivity contribution < 1.29 is 34.3 Å². The number of phenols is 1. The van der Waals surface area contributed by atoms with Gasteiger partial charge in [-0.05, 0) is 42.8 Å². The van der Waals surface area contributed by atoms with Crippen LogP contribution in [0.5, 0.6) is 23.0 Å². The van der Waals surface area contributed by atoms with Crippen LogP contribution in [0, 0.1) is 0 Å². The predicted molar refractivity (Wildman–Crippen MR) is 105 cm³/mol. The zero-order chi connectivity index (χ0) is 20.8. The highest BCUT2D eigenvalue weighted by Crippen LogP contribution is 2.32. The second kappa shape index (κ2) is 9.69. The number of carboxylic acid groups (broad SMARTS) is 1. The summed E-state index contributed by atoms with van der Waals surface area (Å²) in [5, 5.41) is 31.7. The zero-order valence-electron chi connectivity index (χ0n) is 15.5. The van der Waals surface area contributed by atoms with Crippen molar-refractivity contribution in [3.63, 3.8) is 0 Å². The quantitative estimate of drug-likeness (QED) is 0.451. The first-order valence-electron chi connectivity index (χ1n) is 9.07. The summed E-state index contributed by atoms with van der Waals surface area (Å²) < 4.78 is 16.3. The molecule has 0 fully saturated rings. The molecule has 0 aliphatic carbocycles. The van der Waals surface area contributed by atoms with Gasteiger partial charge in [0, 0.05) is 12.6 Å². The van der Waals surface area contributed by atoms with Crippen molar-refractivity contribution in [1.82, 2.24) is 5.32 Å². The highest BCUT2D eigenvalue weighted by atomic mass is 35.5. The van der Waals surface area contributed by atoms with Gasteiger partial charge in [0.2, 0.25) is 6.10 Å². The Labute approximate surface area is 172 Å². The molecule has 0 spiro atoms. The number of hydrogen-bond donors (Lipinski definition) is 4. The van der Waals surface area contributed by atoms with Gasteiger partial charge in [-0.2, -0.15) is 0 Å². The van der Waals surface area contributed by atoms with E-state index in [2.05, 4.69) is 5.32 Å². The van der Waals surface area contributed by atoms with E-state index < -0.39 is 18.2 Å². The van der Waals surface area contributed by atoms with E-state index in [0.717, 1.165) is 5.56 Å². The molecule has 29 heavy (non-hydrogen) atoms. The molecular weight excluding hydrogens is 402 g/mol. The monoisotopic (exact) mass is 423 g/mol. The third-order valence-corrected chi connectivity index (χ3v) is 4.56. The number of halogens is 1. The summed E-state index contributed by atoms with van der Waals surface area (Å²) in [5.41, 5.74) is 0.996. The van der Waals surface area contributed by atoms with E-state index in [0.29, 0.717) is 36.8 Å². The molecule has 0 bridgehead atoms. The fourth-order valence-electron chi connectivity index (χ4n) is 2.75. The molecule has 156 valence electrons. The van der Waals surface area contributed by atoms with Crippen molar-refractivity contribution in [3.8, 4) is 23.0 Å². The van der Waals surface area contributed by atoms with Crippen molar-refractivity contribution in [2.24, 2.45) is 0 Å². The zero-order valence-corrected chi connectivity index (χ0v) is 16.3. The fourth-order valence-corrected chi connectivity index (χ4v) is 2.98. The van der Waals surface area contributed by atoms with E-state index >= 15 is 0 Å². The lowest BCUT2D eigenvalue weighted by Crippen LogP contribution is -2.36. The molecule has 0 saturated heterocycles. The summed E-state index contributed by atoms with van der Waals surface area (Å²) in [7, 11) is 0. The van der Waals surface area contributed by atoms with E-state index in [1.807, 2.05) is 12.1 Å². The van der Waals surface area contributed by atoms with Crippen LogP contribution < -0.4 is 19.5 Å². The number of aliphatic hydroxyl groups excluding tert-OH is 1. The molecule has 2 atom stereocenters. The van der Waals surface area contributed by atoms with Crippen LogP contribution in [0.3, 0.4) is 0 Å². The lowest BCUT2D eigenvalue weighted by atomic mass is 10.1. The van der Waals surface area contributed by atoms with Gasteiger partial charge in [-0.1, -0.05) is 17.7 Å². The third-order valence-electron chi connectivity index (χ3n) is 4.26. The molecule has 0 radical (unpaired) electrons. The maximum atomic E-state index is 11.0. The molecule has 2 aromatic carbocycles. The predicted octanol–water partition coefficient (Wildman–Crippen LogP) is 1.84. The molecular formula is C20H22ClNO7. The van der Waals surface area contributed by atoms with Crippen LogP contribution in [0.2, 0.25) is 5.02 Å². The van der Waals surface area contributed by atoms with E-state index in [-0.39, 0.29) is 24.0 Å². The Morgan fingerprint density at radius 3 is 2.86 bits per heavy atom. The summed E-state index contributed by atoms with van der Waals surface area (Å²) in [4.78, 5) is 11.0. The molecule has 4 N–H and O–H groups in total. The van der Waals surface area contributed by atoms with Gasteiger partial charge in [0.25, 0.3) is 0 Å². The number of aromatic hydroxyl groups is 1. The first-order chi connectivity index (χ1) is 13.9. The molecule has 0 amide bonds. The highest BCUT2D eigenvalue weighted by molar-refractivity contribution is 6.32. The summed E-state index contributed by atoms with van der Waals surface area (Å²) >= 11 is 5.95. The van der Waals surface area contributed by atoms with E-state index in [1.165, 1.54) is 12.1 Å². The van der Waals surface area contributed by atoms with Crippen molar-refractivity contribution in [2.45, 2.75) is 18.6 Å². The second-order valence-corrected chi connectivity index (χ2v) is 6.98. The Hall–Kier alpha value is -2.68. The fraction of sp³-hybridized carbons (Fsp3) is 0.350. The number of phenolic OH excluding ortho intramolecular Hbond substituents is 1. The Kier molecular flexibility index (Phi) is 7.03. The number of rotatable bonds is 9. The number of fused-ring (bicyclic) bond motifs is 1. The van der Waals surface area contributed by atoms with Crippen LogP contribution in [0.25, 0.3) is 0 Å². The van der Waals surface area contributed by atoms with Gasteiger partial charge >= 0.3 is 5.97 Å². The van der Waals surface area contributed by atoms with Gasteiger partial charge in [-0.25, -0.2) is 4.79 Å². The van der Waals surface area contributed by atoms with Crippen molar-refractivity contribution in [1.29, 1.82) is 0 Å². The maximum Gasteiger partial charge on any atom is 0.348 e. The maximum absolute atomic E-state index is 11.0. The van der Waals surface area contributed by atoms with Crippen LogP contribution in [-0.4, -0.2) is 59.8 Å². The van der Waals surface area contributed by atoms with Crippen LogP contribution in [0.4, 0.5) is 0 Å². The number of ether oxygens (including phenoxy) is 3. The molecule has 9 heteroatoms. The Morgan fingerprint density at radius 1 is 1.28 bits per heavy atom. The summed E-state index contributed by atoms with van der Waals surface area (Å²) in [6.45, 7) is 0.989. The summed E-state index contributed by atoms with van der Waals surface area (Å²) in [5.74, 6) is 0.328. The van der Waals surface area contributed by atoms with Gasteiger partial charge in [-0.15, -0.1) is 0 Å². The molecule has 0 saturated carbocycles. The number of aliphatic hydroxyl groups is 1. The number of carbonyl (C=O) groups is 1. The largest absolute Gasteiger partial charge is 0.508 e. The van der Waals surface area contributed by atoms with Crippen LogP contribution in [0.15, 0.2) is 36.4 Å². The average molecular weight is 424 g/mol. The molecule has 2 unspecified atom stereocenters. The van der Waals surface area contributed by atoms with Crippen LogP contribution in [0.1, 0.15) is 5.56 Å². The topological polar surface area (TPSA) is 117 Å². The smallest absolute Gasteiger partial charge is 0.348 e. The van der Waals surface area contributed by atoms with Gasteiger partial charge < -0.3 is 34.8 Å². The van der Waals surface area contributed by atoms with E-state index in [4.69, 9.17) is 30.9 Å².